The van der Waals surface area contributed by atoms with Crippen LogP contribution in [0.2, 0.25) is 0 Å². The van der Waals surface area contributed by atoms with E-state index in [0.29, 0.717) is 13.0 Å². The molecule has 0 saturated heterocycles. The molecule has 1 rings (SSSR count). The summed E-state index contributed by atoms with van der Waals surface area (Å²) in [5.74, 6) is 0. The first kappa shape index (κ1) is 9.92. The van der Waals surface area contributed by atoms with Crippen LogP contribution in [0.25, 0.3) is 0 Å². The number of rotatable bonds is 4. The van der Waals surface area contributed by atoms with E-state index in [1.54, 1.807) is 23.8 Å². The van der Waals surface area contributed by atoms with Gasteiger partial charge in [0.25, 0.3) is 0 Å². The summed E-state index contributed by atoms with van der Waals surface area (Å²) in [4.78, 5) is 14.7. The van der Waals surface area contributed by atoms with Crippen LogP contribution in [0.4, 0.5) is 0 Å². The van der Waals surface area contributed by atoms with E-state index < -0.39 is 0 Å². The second-order valence-corrected chi connectivity index (χ2v) is 3.09. The van der Waals surface area contributed by atoms with E-state index in [2.05, 4.69) is 4.98 Å². The average Bonchev–Trinajstić information content (AvgIpc) is 2.08. The molecule has 1 unspecified atom stereocenters. The Bertz CT molecular complexity index is 306. The number of aliphatic hydroxyl groups is 1. The molecule has 0 aromatic carbocycles. The fraction of sp³-hybridized carbons (Fsp3) is 0.556. The Morgan fingerprint density at radius 3 is 3.08 bits per heavy atom. The highest BCUT2D eigenvalue weighted by Crippen LogP contribution is 1.96. The normalized spacial score (nSPS) is 12.8. The zero-order chi connectivity index (χ0) is 9.68. The van der Waals surface area contributed by atoms with Gasteiger partial charge in [-0.05, 0) is 25.8 Å². The van der Waals surface area contributed by atoms with E-state index in [9.17, 15) is 4.79 Å². The first-order valence-electron chi connectivity index (χ1n) is 4.39. The number of aryl methyl sites for hydroxylation is 1. The van der Waals surface area contributed by atoms with Gasteiger partial charge in [-0.1, -0.05) is 0 Å². The van der Waals surface area contributed by atoms with Gasteiger partial charge in [-0.15, -0.1) is 0 Å². The Kier molecular flexibility index (Phi) is 3.64. The number of hydrogen-bond acceptors (Lipinski definition) is 3. The molecule has 0 fully saturated rings. The van der Waals surface area contributed by atoms with Crippen molar-refractivity contribution in [3.05, 3.63) is 28.9 Å². The Balaban J connectivity index is 2.46. The summed E-state index contributed by atoms with van der Waals surface area (Å²) < 4.78 is 1.54. The maximum absolute atomic E-state index is 11.1. The third-order valence-corrected chi connectivity index (χ3v) is 1.80. The topological polar surface area (TPSA) is 55.1 Å². The van der Waals surface area contributed by atoms with Crippen LogP contribution in [0.5, 0.6) is 0 Å². The summed E-state index contributed by atoms with van der Waals surface area (Å²) in [6.45, 7) is 2.36. The summed E-state index contributed by atoms with van der Waals surface area (Å²) in [5, 5.41) is 9.00. The smallest absolute Gasteiger partial charge is 0.347 e. The fourth-order valence-corrected chi connectivity index (χ4v) is 1.11. The molecule has 0 amide bonds. The van der Waals surface area contributed by atoms with Crippen LogP contribution in [0, 0.1) is 0 Å². The summed E-state index contributed by atoms with van der Waals surface area (Å²) in [7, 11) is 0. The number of aromatic nitrogens is 2. The van der Waals surface area contributed by atoms with Gasteiger partial charge in [-0.3, -0.25) is 4.57 Å². The first-order chi connectivity index (χ1) is 6.20. The predicted octanol–water partition coefficient (Wildman–Crippen LogP) is 0.404. The Morgan fingerprint density at radius 2 is 2.46 bits per heavy atom. The van der Waals surface area contributed by atoms with E-state index in [0.717, 1.165) is 6.42 Å². The molecule has 4 heteroatoms. The largest absolute Gasteiger partial charge is 0.393 e. The molecule has 0 spiro atoms. The van der Waals surface area contributed by atoms with Gasteiger partial charge in [-0.2, -0.15) is 0 Å². The number of nitrogens with zero attached hydrogens (tertiary/aromatic N) is 2. The van der Waals surface area contributed by atoms with Gasteiger partial charge in [-0.25, -0.2) is 9.78 Å². The molecule has 1 atom stereocenters. The third kappa shape index (κ3) is 3.38. The lowest BCUT2D eigenvalue weighted by Gasteiger charge is -2.05. The molecule has 4 nitrogen and oxygen atoms in total. The van der Waals surface area contributed by atoms with Crippen LogP contribution < -0.4 is 5.69 Å². The zero-order valence-electron chi connectivity index (χ0n) is 7.68. The van der Waals surface area contributed by atoms with Crippen molar-refractivity contribution in [2.45, 2.75) is 32.4 Å². The molecule has 1 aromatic heterocycles. The molecule has 13 heavy (non-hydrogen) atoms. The molecular weight excluding hydrogens is 168 g/mol. The summed E-state index contributed by atoms with van der Waals surface area (Å²) >= 11 is 0. The van der Waals surface area contributed by atoms with Gasteiger partial charge in [0.1, 0.15) is 0 Å². The summed E-state index contributed by atoms with van der Waals surface area (Å²) in [5.41, 5.74) is -0.229. The van der Waals surface area contributed by atoms with Gasteiger partial charge < -0.3 is 5.11 Å². The van der Waals surface area contributed by atoms with E-state index in [-0.39, 0.29) is 11.8 Å². The molecule has 0 aliphatic rings. The molecule has 0 saturated carbocycles. The molecule has 0 bridgehead atoms. The fourth-order valence-electron chi connectivity index (χ4n) is 1.11. The zero-order valence-corrected chi connectivity index (χ0v) is 7.68. The average molecular weight is 182 g/mol. The van der Waals surface area contributed by atoms with Crippen LogP contribution in [-0.4, -0.2) is 20.8 Å². The van der Waals surface area contributed by atoms with Crippen LogP contribution in [0.15, 0.2) is 23.3 Å². The molecule has 0 aliphatic heterocycles. The molecule has 72 valence electrons. The number of hydrogen-bond donors (Lipinski definition) is 1. The molecule has 1 N–H and O–H groups in total. The van der Waals surface area contributed by atoms with Crippen molar-refractivity contribution in [1.82, 2.24) is 9.55 Å². The van der Waals surface area contributed by atoms with Crippen molar-refractivity contribution in [3.8, 4) is 0 Å². The minimum Gasteiger partial charge on any atom is -0.393 e. The van der Waals surface area contributed by atoms with Gasteiger partial charge in [0.2, 0.25) is 0 Å². The lowest BCUT2D eigenvalue weighted by Crippen LogP contribution is -2.21. The third-order valence-electron chi connectivity index (χ3n) is 1.80. The number of aliphatic hydroxyl groups excluding tert-OH is 1. The van der Waals surface area contributed by atoms with E-state index in [1.165, 1.54) is 6.20 Å². The minimum absolute atomic E-state index is 0.229. The van der Waals surface area contributed by atoms with Crippen LogP contribution in [0.3, 0.4) is 0 Å². The van der Waals surface area contributed by atoms with Crippen molar-refractivity contribution in [2.75, 3.05) is 0 Å². The van der Waals surface area contributed by atoms with Gasteiger partial charge >= 0.3 is 5.69 Å². The SMILES string of the molecule is CC(O)CCCn1cccnc1=O. The van der Waals surface area contributed by atoms with Crippen LogP contribution in [0.1, 0.15) is 19.8 Å². The van der Waals surface area contributed by atoms with Crippen molar-refractivity contribution in [2.24, 2.45) is 0 Å². The lowest BCUT2D eigenvalue weighted by molar-refractivity contribution is 0.179. The standard InChI is InChI=1S/C9H14N2O2/c1-8(12)4-2-6-11-7-3-5-10-9(11)13/h3,5,7-8,12H,2,4,6H2,1H3. The first-order valence-corrected chi connectivity index (χ1v) is 4.39. The predicted molar refractivity (Wildman–Crippen MR) is 49.4 cm³/mol. The van der Waals surface area contributed by atoms with Crippen molar-refractivity contribution in [1.29, 1.82) is 0 Å². The van der Waals surface area contributed by atoms with E-state index >= 15 is 0 Å². The molecule has 1 heterocycles. The summed E-state index contributed by atoms with van der Waals surface area (Å²) in [6, 6.07) is 1.73. The van der Waals surface area contributed by atoms with Crippen molar-refractivity contribution < 1.29 is 5.11 Å². The lowest BCUT2D eigenvalue weighted by atomic mass is 10.2. The summed E-state index contributed by atoms with van der Waals surface area (Å²) in [6.07, 6.45) is 4.39. The molecule has 1 aromatic rings. The van der Waals surface area contributed by atoms with Gasteiger partial charge in [0.15, 0.2) is 0 Å². The van der Waals surface area contributed by atoms with Crippen molar-refractivity contribution >= 4 is 0 Å². The Hall–Kier alpha value is -1.16. The Labute approximate surface area is 76.9 Å². The highest BCUT2D eigenvalue weighted by molar-refractivity contribution is 4.80. The highest BCUT2D eigenvalue weighted by Gasteiger charge is 1.97. The van der Waals surface area contributed by atoms with Crippen molar-refractivity contribution in [3.63, 3.8) is 0 Å². The van der Waals surface area contributed by atoms with Crippen LogP contribution >= 0.6 is 0 Å². The second-order valence-electron chi connectivity index (χ2n) is 3.09. The minimum atomic E-state index is -0.299. The maximum atomic E-state index is 11.1. The maximum Gasteiger partial charge on any atom is 0.347 e. The van der Waals surface area contributed by atoms with E-state index in [1.807, 2.05) is 0 Å². The molecule has 0 radical (unpaired) electrons. The molecule has 0 aliphatic carbocycles. The van der Waals surface area contributed by atoms with Gasteiger partial charge in [0, 0.05) is 18.9 Å². The van der Waals surface area contributed by atoms with Crippen LogP contribution in [-0.2, 0) is 6.54 Å². The Morgan fingerprint density at radius 1 is 1.69 bits per heavy atom. The van der Waals surface area contributed by atoms with E-state index in [4.69, 9.17) is 5.11 Å². The molecular formula is C9H14N2O2. The van der Waals surface area contributed by atoms with Gasteiger partial charge in [0.05, 0.1) is 6.10 Å². The highest BCUT2D eigenvalue weighted by atomic mass is 16.3. The second kappa shape index (κ2) is 4.77. The quantitative estimate of drug-likeness (QED) is 0.733. The monoisotopic (exact) mass is 182 g/mol.